The predicted molar refractivity (Wildman–Crippen MR) is 89.2 cm³/mol. The average Bonchev–Trinajstić information content (AvgIpc) is 2.56. The zero-order chi connectivity index (χ0) is 16.8. The maximum atomic E-state index is 12.1. The van der Waals surface area contributed by atoms with E-state index in [4.69, 9.17) is 0 Å². The van der Waals surface area contributed by atoms with Gasteiger partial charge >= 0.3 is 0 Å². The quantitative estimate of drug-likeness (QED) is 0.793. The molecule has 1 unspecified atom stereocenters. The molecule has 0 fully saturated rings. The Hall–Kier alpha value is -2.66. The third-order valence-corrected chi connectivity index (χ3v) is 3.45. The standard InChI is InChI=1S/C18H20N2O3/c1-3-19-17(22)14-9-10-15(12(2)11-14)20-18(23)16(21)13-7-5-4-6-8-13/h4-11,16,21H,3H2,1-2H3,(H,19,22)(H,20,23). The predicted octanol–water partition coefficient (Wildman–Crippen LogP) is 2.42. The van der Waals surface area contributed by atoms with E-state index in [1.807, 2.05) is 13.0 Å². The molecule has 2 amide bonds. The van der Waals surface area contributed by atoms with Crippen LogP contribution in [0, 0.1) is 6.92 Å². The van der Waals surface area contributed by atoms with Gasteiger partial charge in [0.05, 0.1) is 0 Å². The van der Waals surface area contributed by atoms with E-state index < -0.39 is 12.0 Å². The second-order valence-corrected chi connectivity index (χ2v) is 5.19. The van der Waals surface area contributed by atoms with Gasteiger partial charge in [-0.05, 0) is 43.2 Å². The molecule has 2 aromatic rings. The molecule has 3 N–H and O–H groups in total. The number of hydrogen-bond donors (Lipinski definition) is 3. The summed E-state index contributed by atoms with van der Waals surface area (Å²) in [5, 5.41) is 15.5. The number of nitrogens with one attached hydrogen (secondary N) is 2. The van der Waals surface area contributed by atoms with Crippen molar-refractivity contribution < 1.29 is 14.7 Å². The average molecular weight is 312 g/mol. The Balaban J connectivity index is 2.11. The van der Waals surface area contributed by atoms with E-state index in [1.54, 1.807) is 49.4 Å². The fourth-order valence-electron chi connectivity index (χ4n) is 2.20. The van der Waals surface area contributed by atoms with Crippen LogP contribution in [0.25, 0.3) is 0 Å². The van der Waals surface area contributed by atoms with E-state index in [0.717, 1.165) is 5.56 Å². The van der Waals surface area contributed by atoms with Crippen LogP contribution in [0.15, 0.2) is 48.5 Å². The van der Waals surface area contributed by atoms with Crippen molar-refractivity contribution >= 4 is 17.5 Å². The Morgan fingerprint density at radius 1 is 1.13 bits per heavy atom. The summed E-state index contributed by atoms with van der Waals surface area (Å²) in [5.41, 5.74) is 2.38. The second-order valence-electron chi connectivity index (χ2n) is 5.19. The molecule has 23 heavy (non-hydrogen) atoms. The summed E-state index contributed by atoms with van der Waals surface area (Å²) in [6.45, 7) is 4.21. The first-order chi connectivity index (χ1) is 11.0. The number of aliphatic hydroxyl groups is 1. The lowest BCUT2D eigenvalue weighted by Gasteiger charge is -2.14. The van der Waals surface area contributed by atoms with Crippen LogP contribution in [0.3, 0.4) is 0 Å². The minimum absolute atomic E-state index is 0.155. The summed E-state index contributed by atoms with van der Waals surface area (Å²) in [6.07, 6.45) is -1.24. The highest BCUT2D eigenvalue weighted by atomic mass is 16.3. The molecule has 0 radical (unpaired) electrons. The van der Waals surface area contributed by atoms with Crippen LogP contribution in [0.1, 0.15) is 34.5 Å². The molecule has 5 heteroatoms. The summed E-state index contributed by atoms with van der Waals surface area (Å²) in [5.74, 6) is -0.664. The number of anilines is 1. The van der Waals surface area contributed by atoms with E-state index in [1.165, 1.54) is 0 Å². The molecule has 0 aliphatic carbocycles. The van der Waals surface area contributed by atoms with Crippen LogP contribution in [-0.2, 0) is 4.79 Å². The van der Waals surface area contributed by atoms with Crippen molar-refractivity contribution in [2.24, 2.45) is 0 Å². The highest BCUT2D eigenvalue weighted by Gasteiger charge is 2.18. The van der Waals surface area contributed by atoms with Gasteiger partial charge in [0.25, 0.3) is 11.8 Å². The van der Waals surface area contributed by atoms with Crippen molar-refractivity contribution in [2.75, 3.05) is 11.9 Å². The van der Waals surface area contributed by atoms with Gasteiger partial charge in [0.1, 0.15) is 0 Å². The molecule has 0 aliphatic rings. The molecule has 120 valence electrons. The number of benzene rings is 2. The van der Waals surface area contributed by atoms with Gasteiger partial charge in [-0.3, -0.25) is 9.59 Å². The molecule has 2 rings (SSSR count). The highest BCUT2D eigenvalue weighted by molar-refractivity contribution is 5.97. The van der Waals surface area contributed by atoms with E-state index in [9.17, 15) is 14.7 Å². The summed E-state index contributed by atoms with van der Waals surface area (Å²) in [7, 11) is 0. The first kappa shape index (κ1) is 16.7. The monoisotopic (exact) mass is 312 g/mol. The van der Waals surface area contributed by atoms with Gasteiger partial charge in [0, 0.05) is 17.8 Å². The molecule has 2 aromatic carbocycles. The van der Waals surface area contributed by atoms with Gasteiger partial charge in [-0.2, -0.15) is 0 Å². The molecule has 0 saturated heterocycles. The zero-order valence-corrected chi connectivity index (χ0v) is 13.2. The topological polar surface area (TPSA) is 78.4 Å². The van der Waals surface area contributed by atoms with Crippen molar-refractivity contribution in [1.82, 2.24) is 5.32 Å². The van der Waals surface area contributed by atoms with E-state index in [2.05, 4.69) is 10.6 Å². The van der Waals surface area contributed by atoms with Gasteiger partial charge < -0.3 is 15.7 Å². The third-order valence-electron chi connectivity index (χ3n) is 3.45. The number of amides is 2. The molecule has 0 aliphatic heterocycles. The largest absolute Gasteiger partial charge is 0.378 e. The SMILES string of the molecule is CCNC(=O)c1ccc(NC(=O)C(O)c2ccccc2)c(C)c1. The van der Waals surface area contributed by atoms with Crippen LogP contribution in [0.4, 0.5) is 5.69 Å². The van der Waals surface area contributed by atoms with E-state index >= 15 is 0 Å². The lowest BCUT2D eigenvalue weighted by Crippen LogP contribution is -2.23. The number of carbonyl (C=O) groups excluding carboxylic acids is 2. The minimum Gasteiger partial charge on any atom is -0.378 e. The van der Waals surface area contributed by atoms with Gasteiger partial charge in [-0.25, -0.2) is 0 Å². The van der Waals surface area contributed by atoms with E-state index in [0.29, 0.717) is 23.4 Å². The molecular formula is C18H20N2O3. The van der Waals surface area contributed by atoms with Crippen LogP contribution in [0.5, 0.6) is 0 Å². The van der Waals surface area contributed by atoms with Crippen molar-refractivity contribution in [1.29, 1.82) is 0 Å². The van der Waals surface area contributed by atoms with E-state index in [-0.39, 0.29) is 5.91 Å². The number of hydrogen-bond acceptors (Lipinski definition) is 3. The fourth-order valence-corrected chi connectivity index (χ4v) is 2.20. The first-order valence-electron chi connectivity index (χ1n) is 7.45. The maximum Gasteiger partial charge on any atom is 0.257 e. The Kier molecular flexibility index (Phi) is 5.49. The van der Waals surface area contributed by atoms with Crippen molar-refractivity contribution in [3.63, 3.8) is 0 Å². The van der Waals surface area contributed by atoms with Crippen LogP contribution in [0.2, 0.25) is 0 Å². The number of aliphatic hydroxyl groups excluding tert-OH is 1. The summed E-state index contributed by atoms with van der Waals surface area (Å²) < 4.78 is 0. The fraction of sp³-hybridized carbons (Fsp3) is 0.222. The van der Waals surface area contributed by atoms with Gasteiger partial charge in [-0.1, -0.05) is 30.3 Å². The lowest BCUT2D eigenvalue weighted by atomic mass is 10.1. The molecule has 0 saturated carbocycles. The first-order valence-corrected chi connectivity index (χ1v) is 7.45. The summed E-state index contributed by atoms with van der Waals surface area (Å²) in [4.78, 5) is 23.9. The second kappa shape index (κ2) is 7.56. The van der Waals surface area contributed by atoms with Crippen molar-refractivity contribution in [3.05, 3.63) is 65.2 Å². The summed E-state index contributed by atoms with van der Waals surface area (Å²) >= 11 is 0. The number of rotatable bonds is 5. The highest BCUT2D eigenvalue weighted by Crippen LogP contribution is 2.20. The smallest absolute Gasteiger partial charge is 0.257 e. The Morgan fingerprint density at radius 3 is 2.43 bits per heavy atom. The van der Waals surface area contributed by atoms with Gasteiger partial charge in [0.2, 0.25) is 0 Å². The molecular weight excluding hydrogens is 292 g/mol. The van der Waals surface area contributed by atoms with Crippen LogP contribution < -0.4 is 10.6 Å². The molecule has 1 atom stereocenters. The normalized spacial score (nSPS) is 11.6. The minimum atomic E-state index is -1.24. The molecule has 0 aromatic heterocycles. The maximum absolute atomic E-state index is 12.1. The third kappa shape index (κ3) is 4.17. The lowest BCUT2D eigenvalue weighted by molar-refractivity contribution is -0.124. The Labute approximate surface area is 135 Å². The zero-order valence-electron chi connectivity index (χ0n) is 13.2. The van der Waals surface area contributed by atoms with Crippen molar-refractivity contribution in [2.45, 2.75) is 20.0 Å². The van der Waals surface area contributed by atoms with Crippen molar-refractivity contribution in [3.8, 4) is 0 Å². The molecule has 0 spiro atoms. The number of carbonyl (C=O) groups is 2. The molecule has 5 nitrogen and oxygen atoms in total. The molecule has 0 heterocycles. The number of aryl methyl sites for hydroxylation is 1. The van der Waals surface area contributed by atoms with Crippen LogP contribution >= 0.6 is 0 Å². The molecule has 0 bridgehead atoms. The summed E-state index contributed by atoms with van der Waals surface area (Å²) in [6, 6.07) is 13.7. The van der Waals surface area contributed by atoms with Crippen LogP contribution in [-0.4, -0.2) is 23.5 Å². The Bertz CT molecular complexity index is 699. The van der Waals surface area contributed by atoms with Gasteiger partial charge in [-0.15, -0.1) is 0 Å². The van der Waals surface area contributed by atoms with Gasteiger partial charge in [0.15, 0.2) is 6.10 Å². The Morgan fingerprint density at radius 2 is 1.83 bits per heavy atom.